The predicted octanol–water partition coefficient (Wildman–Crippen LogP) is 5.47. The number of aromatic nitrogens is 2. The summed E-state index contributed by atoms with van der Waals surface area (Å²) in [5, 5.41) is 11.9. The third-order valence-electron chi connectivity index (χ3n) is 5.77. The molecule has 2 fully saturated rings. The van der Waals surface area contributed by atoms with E-state index in [1.54, 1.807) is 0 Å². The number of aliphatic carboxylic acids is 1. The highest BCUT2D eigenvalue weighted by atomic mass is 35.5. The van der Waals surface area contributed by atoms with Crippen LogP contribution in [0.5, 0.6) is 0 Å². The van der Waals surface area contributed by atoms with Gasteiger partial charge in [0.2, 0.25) is 0 Å². The Morgan fingerprint density at radius 2 is 1.61 bits per heavy atom. The molecule has 0 atom stereocenters. The van der Waals surface area contributed by atoms with Gasteiger partial charge in [0, 0.05) is 38.8 Å². The SMILES string of the molecule is Clc1ccc(CN2CCN(c3nc4ccccc4nc3NC3CC3)CC2)cc1Cl.O=C(O)C(F)(F)F. The Morgan fingerprint density at radius 3 is 2.17 bits per heavy atom. The maximum absolute atomic E-state index is 10.6. The molecule has 192 valence electrons. The van der Waals surface area contributed by atoms with E-state index in [9.17, 15) is 13.2 Å². The zero-order valence-electron chi connectivity index (χ0n) is 19.1. The van der Waals surface area contributed by atoms with Crippen molar-refractivity contribution in [3.63, 3.8) is 0 Å². The molecule has 2 heterocycles. The Morgan fingerprint density at radius 1 is 1.00 bits per heavy atom. The normalized spacial score (nSPS) is 16.4. The van der Waals surface area contributed by atoms with Crippen molar-refractivity contribution in [2.24, 2.45) is 0 Å². The number of rotatable bonds is 5. The molecule has 0 bridgehead atoms. The van der Waals surface area contributed by atoms with Crippen LogP contribution >= 0.6 is 23.2 Å². The Hall–Kier alpha value is -2.82. The highest BCUT2D eigenvalue weighted by Crippen LogP contribution is 2.31. The lowest BCUT2D eigenvalue weighted by atomic mass is 10.2. The van der Waals surface area contributed by atoms with Gasteiger partial charge in [-0.1, -0.05) is 41.4 Å². The van der Waals surface area contributed by atoms with Crippen molar-refractivity contribution in [2.75, 3.05) is 36.4 Å². The second kappa shape index (κ2) is 11.1. The standard InChI is InChI=1S/C22H23Cl2N5.C2HF3O2/c23-17-8-5-15(13-18(17)24)14-28-9-11-29(12-10-28)22-21(25-16-6-7-16)26-19-3-1-2-4-20(19)27-22;3-2(4,5)1(6)7/h1-5,8,13,16H,6-7,9-12,14H2,(H,25,26);(H,6,7). The lowest BCUT2D eigenvalue weighted by Gasteiger charge is -2.36. The van der Waals surface area contributed by atoms with Gasteiger partial charge in [-0.3, -0.25) is 4.90 Å². The molecule has 0 unspecified atom stereocenters. The molecule has 2 aliphatic rings. The number of halogens is 5. The van der Waals surface area contributed by atoms with Crippen LogP contribution in [0.1, 0.15) is 18.4 Å². The van der Waals surface area contributed by atoms with Crippen molar-refractivity contribution in [3.8, 4) is 0 Å². The van der Waals surface area contributed by atoms with Crippen LogP contribution in [0.2, 0.25) is 10.0 Å². The first-order valence-corrected chi connectivity index (χ1v) is 12.1. The molecule has 7 nitrogen and oxygen atoms in total. The smallest absolute Gasteiger partial charge is 0.475 e. The minimum atomic E-state index is -5.08. The number of anilines is 2. The van der Waals surface area contributed by atoms with Crippen LogP contribution in [0.4, 0.5) is 24.8 Å². The highest BCUT2D eigenvalue weighted by molar-refractivity contribution is 6.42. The summed E-state index contributed by atoms with van der Waals surface area (Å²) in [6.07, 6.45) is -2.66. The van der Waals surface area contributed by atoms with Crippen LogP contribution < -0.4 is 10.2 Å². The first kappa shape index (κ1) is 26.2. The third kappa shape index (κ3) is 6.89. The summed E-state index contributed by atoms with van der Waals surface area (Å²) in [6.45, 7) is 4.66. The van der Waals surface area contributed by atoms with E-state index in [0.29, 0.717) is 16.1 Å². The first-order chi connectivity index (χ1) is 17.1. The molecule has 1 aromatic heterocycles. The zero-order chi connectivity index (χ0) is 25.9. The van der Waals surface area contributed by atoms with E-state index in [4.69, 9.17) is 43.1 Å². The molecule has 3 aromatic rings. The fourth-order valence-electron chi connectivity index (χ4n) is 3.74. The number of benzene rings is 2. The van der Waals surface area contributed by atoms with Crippen LogP contribution in [-0.2, 0) is 11.3 Å². The van der Waals surface area contributed by atoms with E-state index in [-0.39, 0.29) is 0 Å². The van der Waals surface area contributed by atoms with Crippen molar-refractivity contribution in [2.45, 2.75) is 31.6 Å². The maximum atomic E-state index is 10.6. The lowest BCUT2D eigenvalue weighted by Crippen LogP contribution is -2.46. The van der Waals surface area contributed by atoms with Crippen molar-refractivity contribution in [3.05, 3.63) is 58.1 Å². The van der Waals surface area contributed by atoms with Crippen LogP contribution in [0.3, 0.4) is 0 Å². The van der Waals surface area contributed by atoms with Crippen molar-refractivity contribution in [1.29, 1.82) is 0 Å². The van der Waals surface area contributed by atoms with Crippen molar-refractivity contribution >= 4 is 51.8 Å². The van der Waals surface area contributed by atoms with Crippen LogP contribution in [-0.4, -0.2) is 64.3 Å². The molecule has 0 radical (unpaired) electrons. The average molecular weight is 542 g/mol. The fourth-order valence-corrected chi connectivity index (χ4v) is 4.06. The van der Waals surface area contributed by atoms with E-state index in [0.717, 1.165) is 55.4 Å². The van der Waals surface area contributed by atoms with Crippen LogP contribution in [0.15, 0.2) is 42.5 Å². The predicted molar refractivity (Wildman–Crippen MR) is 134 cm³/mol. The van der Waals surface area contributed by atoms with Gasteiger partial charge >= 0.3 is 12.1 Å². The number of carboxylic acid groups (broad SMARTS) is 1. The topological polar surface area (TPSA) is 81.6 Å². The van der Waals surface area contributed by atoms with E-state index >= 15 is 0 Å². The van der Waals surface area contributed by atoms with Crippen molar-refractivity contribution < 1.29 is 23.1 Å². The van der Waals surface area contributed by atoms with Gasteiger partial charge in [-0.05, 0) is 42.7 Å². The Kier molecular flexibility index (Phi) is 8.07. The van der Waals surface area contributed by atoms with E-state index in [2.05, 4.69) is 15.1 Å². The molecule has 0 spiro atoms. The molecule has 0 amide bonds. The van der Waals surface area contributed by atoms with Gasteiger partial charge in [0.1, 0.15) is 0 Å². The zero-order valence-corrected chi connectivity index (χ0v) is 20.6. The largest absolute Gasteiger partial charge is 0.490 e. The summed E-state index contributed by atoms with van der Waals surface area (Å²) in [6, 6.07) is 14.5. The van der Waals surface area contributed by atoms with Gasteiger partial charge in [0.15, 0.2) is 11.6 Å². The van der Waals surface area contributed by atoms with Gasteiger partial charge in [-0.2, -0.15) is 13.2 Å². The molecule has 1 saturated heterocycles. The van der Waals surface area contributed by atoms with E-state index < -0.39 is 12.1 Å². The second-order valence-corrected chi connectivity index (χ2v) is 9.43. The van der Waals surface area contributed by atoms with Crippen LogP contribution in [0.25, 0.3) is 11.0 Å². The molecular formula is C24H24Cl2F3N5O2. The molecule has 1 saturated carbocycles. The monoisotopic (exact) mass is 541 g/mol. The fraction of sp³-hybridized carbons (Fsp3) is 0.375. The number of alkyl halides is 3. The molecular weight excluding hydrogens is 518 g/mol. The number of carbonyl (C=O) groups is 1. The number of fused-ring (bicyclic) bond motifs is 1. The summed E-state index contributed by atoms with van der Waals surface area (Å²) in [5.74, 6) is -0.860. The number of nitrogens with one attached hydrogen (secondary N) is 1. The Bertz CT molecular complexity index is 1230. The molecule has 36 heavy (non-hydrogen) atoms. The summed E-state index contributed by atoms with van der Waals surface area (Å²) < 4.78 is 31.7. The maximum Gasteiger partial charge on any atom is 0.490 e. The summed E-state index contributed by atoms with van der Waals surface area (Å²) in [5.41, 5.74) is 3.08. The molecule has 2 N–H and O–H groups in total. The minimum Gasteiger partial charge on any atom is -0.475 e. The molecule has 2 aromatic carbocycles. The number of hydrogen-bond acceptors (Lipinski definition) is 6. The number of carboxylic acids is 1. The number of nitrogens with zero attached hydrogens (tertiary/aromatic N) is 4. The number of piperazine rings is 1. The number of para-hydroxylation sites is 2. The lowest BCUT2D eigenvalue weighted by molar-refractivity contribution is -0.192. The van der Waals surface area contributed by atoms with Crippen molar-refractivity contribution in [1.82, 2.24) is 14.9 Å². The molecule has 5 rings (SSSR count). The van der Waals surface area contributed by atoms with Gasteiger partial charge in [-0.25, -0.2) is 14.8 Å². The first-order valence-electron chi connectivity index (χ1n) is 11.3. The van der Waals surface area contributed by atoms with Crippen LogP contribution in [0, 0.1) is 0 Å². The molecule has 1 aliphatic carbocycles. The highest BCUT2D eigenvalue weighted by Gasteiger charge is 2.38. The number of hydrogen-bond donors (Lipinski definition) is 2. The molecule has 12 heteroatoms. The van der Waals surface area contributed by atoms with Gasteiger partial charge in [-0.15, -0.1) is 0 Å². The second-order valence-electron chi connectivity index (χ2n) is 8.62. The summed E-state index contributed by atoms with van der Waals surface area (Å²) >= 11 is 12.2. The summed E-state index contributed by atoms with van der Waals surface area (Å²) in [4.78, 5) is 23.5. The van der Waals surface area contributed by atoms with E-state index in [1.807, 2.05) is 42.5 Å². The third-order valence-corrected chi connectivity index (χ3v) is 6.51. The quantitative estimate of drug-likeness (QED) is 0.443. The van der Waals surface area contributed by atoms with Gasteiger partial charge in [0.25, 0.3) is 0 Å². The Balaban J connectivity index is 0.000000384. The van der Waals surface area contributed by atoms with Gasteiger partial charge in [0.05, 0.1) is 21.1 Å². The Labute approximate surface area is 215 Å². The minimum absolute atomic E-state index is 0.542. The molecule has 1 aliphatic heterocycles. The van der Waals surface area contributed by atoms with E-state index in [1.165, 1.54) is 18.4 Å². The summed E-state index contributed by atoms with van der Waals surface area (Å²) in [7, 11) is 0. The van der Waals surface area contributed by atoms with Gasteiger partial charge < -0.3 is 15.3 Å². The average Bonchev–Trinajstić information content (AvgIpc) is 3.65.